The van der Waals surface area contributed by atoms with Crippen LogP contribution in [0, 0.1) is 6.92 Å². The van der Waals surface area contributed by atoms with Crippen LogP contribution in [0.15, 0.2) is 72.8 Å². The van der Waals surface area contributed by atoms with Crippen molar-refractivity contribution >= 4 is 14.3 Å². The van der Waals surface area contributed by atoms with Crippen molar-refractivity contribution in [1.82, 2.24) is 0 Å². The molecule has 3 rings (SSSR count). The van der Waals surface area contributed by atoms with Crippen molar-refractivity contribution in [3.63, 3.8) is 0 Å². The fourth-order valence-electron chi connectivity index (χ4n) is 3.49. The lowest BCUT2D eigenvalue weighted by atomic mass is 10.0. The lowest BCUT2D eigenvalue weighted by molar-refractivity contribution is 0.0372. The van der Waals surface area contributed by atoms with Gasteiger partial charge in [-0.25, -0.2) is 4.79 Å². The van der Waals surface area contributed by atoms with Crippen LogP contribution in [0.4, 0.5) is 0 Å². The summed E-state index contributed by atoms with van der Waals surface area (Å²) in [4.78, 5) is 13.7. The fourth-order valence-corrected chi connectivity index (χ4v) is 4.56. The van der Waals surface area contributed by atoms with E-state index < -0.39 is 20.4 Å². The molecular formula is C29H36O4Si. The Morgan fingerprint density at radius 1 is 0.853 bits per heavy atom. The zero-order valence-corrected chi connectivity index (χ0v) is 22.3. The van der Waals surface area contributed by atoms with E-state index in [-0.39, 0.29) is 5.04 Å². The summed E-state index contributed by atoms with van der Waals surface area (Å²) in [6, 6.07) is 23.3. The first-order chi connectivity index (χ1) is 16.0. The van der Waals surface area contributed by atoms with Crippen LogP contribution < -0.4 is 9.16 Å². The molecule has 0 N–H and O–H groups in total. The van der Waals surface area contributed by atoms with Gasteiger partial charge in [0.05, 0.1) is 6.61 Å². The standard InChI is InChI=1S/C29H36O4Si/c1-8-31-25-20-19-24(33-34(6,7)29(3,4)5)21(2)26(25)28(30)32-27(22-15-11-9-12-16-22)23-17-13-10-14-18-23/h9-20,27H,8H2,1-7H3. The third-order valence-electron chi connectivity index (χ3n) is 6.48. The number of carbonyl (C=O) groups excluding carboxylic acids is 1. The minimum Gasteiger partial charge on any atom is -0.543 e. The van der Waals surface area contributed by atoms with Crippen molar-refractivity contribution in [1.29, 1.82) is 0 Å². The highest BCUT2D eigenvalue weighted by Crippen LogP contribution is 2.40. The number of carbonyl (C=O) groups is 1. The maximum Gasteiger partial charge on any atom is 0.343 e. The topological polar surface area (TPSA) is 44.8 Å². The quantitative estimate of drug-likeness (QED) is 0.246. The summed E-state index contributed by atoms with van der Waals surface area (Å²) in [7, 11) is -2.10. The van der Waals surface area contributed by atoms with Crippen LogP contribution in [-0.4, -0.2) is 20.9 Å². The van der Waals surface area contributed by atoms with Gasteiger partial charge in [0, 0.05) is 5.56 Å². The molecule has 3 aromatic carbocycles. The third kappa shape index (κ3) is 5.71. The second-order valence-electron chi connectivity index (χ2n) is 9.96. The van der Waals surface area contributed by atoms with Crippen molar-refractivity contribution in [3.8, 4) is 11.5 Å². The molecule has 0 aliphatic rings. The smallest absolute Gasteiger partial charge is 0.343 e. The van der Waals surface area contributed by atoms with Crippen molar-refractivity contribution in [3.05, 3.63) is 95.1 Å². The van der Waals surface area contributed by atoms with E-state index >= 15 is 0 Å². The average molecular weight is 477 g/mol. The van der Waals surface area contributed by atoms with E-state index in [4.69, 9.17) is 13.9 Å². The highest BCUT2D eigenvalue weighted by atomic mass is 28.4. The van der Waals surface area contributed by atoms with E-state index in [9.17, 15) is 4.79 Å². The van der Waals surface area contributed by atoms with Gasteiger partial charge >= 0.3 is 5.97 Å². The summed E-state index contributed by atoms with van der Waals surface area (Å²) >= 11 is 0. The number of hydrogen-bond donors (Lipinski definition) is 0. The lowest BCUT2D eigenvalue weighted by Crippen LogP contribution is -2.44. The summed E-state index contributed by atoms with van der Waals surface area (Å²) in [5.41, 5.74) is 2.97. The molecule has 0 saturated heterocycles. The summed E-state index contributed by atoms with van der Waals surface area (Å²) in [5.74, 6) is 0.782. The Morgan fingerprint density at radius 3 is 1.82 bits per heavy atom. The molecule has 0 heterocycles. The van der Waals surface area contributed by atoms with Gasteiger partial charge in [0.15, 0.2) is 6.10 Å². The molecule has 4 nitrogen and oxygen atoms in total. The Balaban J connectivity index is 2.03. The minimum absolute atomic E-state index is 0.0322. The van der Waals surface area contributed by atoms with Crippen molar-refractivity contribution < 1.29 is 18.7 Å². The molecule has 5 heteroatoms. The Labute approximate surface area is 205 Å². The van der Waals surface area contributed by atoms with Crippen molar-refractivity contribution in [2.24, 2.45) is 0 Å². The molecule has 0 amide bonds. The van der Waals surface area contributed by atoms with Crippen LogP contribution in [-0.2, 0) is 4.74 Å². The number of esters is 1. The van der Waals surface area contributed by atoms with Gasteiger partial charge < -0.3 is 13.9 Å². The first-order valence-electron chi connectivity index (χ1n) is 11.8. The Hall–Kier alpha value is -3.05. The number of rotatable bonds is 8. The van der Waals surface area contributed by atoms with Gasteiger partial charge in [0.25, 0.3) is 0 Å². The molecule has 0 aromatic heterocycles. The van der Waals surface area contributed by atoms with Gasteiger partial charge in [-0.3, -0.25) is 0 Å². The number of hydrogen-bond acceptors (Lipinski definition) is 4. The van der Waals surface area contributed by atoms with Crippen LogP contribution in [0.2, 0.25) is 18.1 Å². The molecule has 0 radical (unpaired) electrons. The van der Waals surface area contributed by atoms with Crippen LogP contribution >= 0.6 is 0 Å². The Morgan fingerprint density at radius 2 is 1.35 bits per heavy atom. The molecule has 0 unspecified atom stereocenters. The molecular weight excluding hydrogens is 440 g/mol. The molecule has 180 valence electrons. The molecule has 0 saturated carbocycles. The lowest BCUT2D eigenvalue weighted by Gasteiger charge is -2.37. The zero-order valence-electron chi connectivity index (χ0n) is 21.3. The maximum atomic E-state index is 13.7. The monoisotopic (exact) mass is 476 g/mol. The fraction of sp³-hybridized carbons (Fsp3) is 0.345. The van der Waals surface area contributed by atoms with E-state index in [0.29, 0.717) is 23.7 Å². The summed E-state index contributed by atoms with van der Waals surface area (Å²) in [5, 5.41) is 0.0322. The Kier molecular flexibility index (Phi) is 7.88. The SMILES string of the molecule is CCOc1ccc(O[Si](C)(C)C(C)(C)C)c(C)c1C(=O)OC(c1ccccc1)c1ccccc1. The Bertz CT molecular complexity index is 1060. The summed E-state index contributed by atoms with van der Waals surface area (Å²) in [6.07, 6.45) is -0.534. The van der Waals surface area contributed by atoms with Gasteiger partial charge in [-0.05, 0) is 55.2 Å². The number of ether oxygens (including phenoxy) is 2. The van der Waals surface area contributed by atoms with Crippen LogP contribution in [0.3, 0.4) is 0 Å². The van der Waals surface area contributed by atoms with Gasteiger partial charge in [0.2, 0.25) is 8.32 Å². The largest absolute Gasteiger partial charge is 0.543 e. The predicted octanol–water partition coefficient (Wildman–Crippen LogP) is 7.72. The second kappa shape index (κ2) is 10.5. The minimum atomic E-state index is -2.10. The van der Waals surface area contributed by atoms with E-state index in [2.05, 4.69) is 33.9 Å². The van der Waals surface area contributed by atoms with Crippen molar-refractivity contribution in [2.75, 3.05) is 6.61 Å². The van der Waals surface area contributed by atoms with Gasteiger partial charge in [-0.1, -0.05) is 81.4 Å². The van der Waals surface area contributed by atoms with E-state index in [0.717, 1.165) is 16.7 Å². The summed E-state index contributed by atoms with van der Waals surface area (Å²) < 4.78 is 18.6. The zero-order chi connectivity index (χ0) is 24.9. The second-order valence-corrected chi connectivity index (χ2v) is 14.7. The van der Waals surface area contributed by atoms with E-state index in [1.807, 2.05) is 86.6 Å². The average Bonchev–Trinajstić information content (AvgIpc) is 2.80. The van der Waals surface area contributed by atoms with Gasteiger partial charge in [-0.15, -0.1) is 0 Å². The van der Waals surface area contributed by atoms with Gasteiger partial charge in [0.1, 0.15) is 17.1 Å². The predicted molar refractivity (Wildman–Crippen MR) is 140 cm³/mol. The van der Waals surface area contributed by atoms with Crippen LogP contribution in [0.5, 0.6) is 11.5 Å². The van der Waals surface area contributed by atoms with E-state index in [1.54, 1.807) is 0 Å². The number of benzene rings is 3. The first-order valence-corrected chi connectivity index (χ1v) is 14.7. The maximum absolute atomic E-state index is 13.7. The highest BCUT2D eigenvalue weighted by Gasteiger charge is 2.39. The molecule has 0 atom stereocenters. The van der Waals surface area contributed by atoms with Crippen LogP contribution in [0.25, 0.3) is 0 Å². The van der Waals surface area contributed by atoms with Crippen molar-refractivity contribution in [2.45, 2.75) is 58.9 Å². The molecule has 0 bridgehead atoms. The molecule has 0 fully saturated rings. The van der Waals surface area contributed by atoms with Gasteiger partial charge in [-0.2, -0.15) is 0 Å². The van der Waals surface area contributed by atoms with Crippen LogP contribution in [0.1, 0.15) is 60.8 Å². The molecule has 0 aliphatic carbocycles. The molecule has 3 aromatic rings. The molecule has 34 heavy (non-hydrogen) atoms. The third-order valence-corrected chi connectivity index (χ3v) is 10.8. The van der Waals surface area contributed by atoms with E-state index in [1.165, 1.54) is 0 Å². The first kappa shape index (κ1) is 25.6. The highest BCUT2D eigenvalue weighted by molar-refractivity contribution is 6.74. The molecule has 0 spiro atoms. The summed E-state index contributed by atoms with van der Waals surface area (Å²) in [6.45, 7) is 15.2. The molecule has 0 aliphatic heterocycles. The normalized spacial score (nSPS) is 11.9.